The van der Waals surface area contributed by atoms with Gasteiger partial charge >= 0.3 is 0 Å². The highest BCUT2D eigenvalue weighted by molar-refractivity contribution is 6.30. The number of amidine groups is 1. The van der Waals surface area contributed by atoms with E-state index < -0.39 is 0 Å². The molecular formula is C20H20N4O. The third kappa shape index (κ3) is 2.58. The Bertz CT molecular complexity index is 949. The first-order chi connectivity index (χ1) is 12.0. The molecule has 5 heteroatoms. The smallest absolute Gasteiger partial charge is 0.145 e. The predicted molar refractivity (Wildman–Crippen MR) is 101 cm³/mol. The van der Waals surface area contributed by atoms with Gasteiger partial charge in [0.2, 0.25) is 0 Å². The van der Waals surface area contributed by atoms with Gasteiger partial charge in [0.1, 0.15) is 17.4 Å². The number of para-hydroxylation sites is 2. The Balaban J connectivity index is 1.67. The molecule has 0 fully saturated rings. The van der Waals surface area contributed by atoms with E-state index in [9.17, 15) is 5.11 Å². The topological polar surface area (TPSA) is 76.0 Å². The van der Waals surface area contributed by atoms with Gasteiger partial charge in [-0.25, -0.2) is 4.98 Å². The van der Waals surface area contributed by atoms with Crippen LogP contribution in [0.3, 0.4) is 0 Å². The molecule has 1 aliphatic heterocycles. The monoisotopic (exact) mass is 332 g/mol. The Morgan fingerprint density at radius 2 is 1.84 bits per heavy atom. The van der Waals surface area contributed by atoms with Crippen molar-refractivity contribution in [2.75, 3.05) is 11.4 Å². The minimum atomic E-state index is 0.164. The van der Waals surface area contributed by atoms with E-state index in [1.165, 1.54) is 5.56 Å². The number of rotatable bonds is 3. The minimum Gasteiger partial charge on any atom is -0.509 e. The Hall–Kier alpha value is -3.08. The van der Waals surface area contributed by atoms with Crippen molar-refractivity contribution in [2.45, 2.75) is 19.8 Å². The molecule has 2 heterocycles. The van der Waals surface area contributed by atoms with E-state index in [0.29, 0.717) is 17.3 Å². The van der Waals surface area contributed by atoms with Gasteiger partial charge in [0.05, 0.1) is 23.2 Å². The van der Waals surface area contributed by atoms with Crippen LogP contribution in [0.4, 0.5) is 5.69 Å². The number of benzene rings is 2. The van der Waals surface area contributed by atoms with Crippen molar-refractivity contribution in [1.29, 1.82) is 5.41 Å². The Morgan fingerprint density at radius 1 is 1.12 bits per heavy atom. The number of hydrogen-bond donors (Lipinski definition) is 3. The number of anilines is 1. The normalized spacial score (nSPS) is 15.0. The Labute approximate surface area is 146 Å². The highest BCUT2D eigenvalue weighted by Gasteiger charge is 2.31. The summed E-state index contributed by atoms with van der Waals surface area (Å²) in [5, 5.41) is 19.0. The number of aromatic amines is 1. The van der Waals surface area contributed by atoms with Crippen molar-refractivity contribution in [3.63, 3.8) is 0 Å². The fourth-order valence-electron chi connectivity index (χ4n) is 3.16. The van der Waals surface area contributed by atoms with Gasteiger partial charge < -0.3 is 15.0 Å². The van der Waals surface area contributed by atoms with Crippen LogP contribution < -0.4 is 4.90 Å². The van der Waals surface area contributed by atoms with Crippen LogP contribution in [0.25, 0.3) is 16.6 Å². The molecule has 1 aromatic heterocycles. The molecule has 0 atom stereocenters. The number of H-pyrrole nitrogens is 1. The van der Waals surface area contributed by atoms with Gasteiger partial charge in [-0.1, -0.05) is 38.1 Å². The van der Waals surface area contributed by atoms with Gasteiger partial charge in [-0.2, -0.15) is 0 Å². The number of fused-ring (bicyclic) bond motifs is 1. The number of nitrogens with one attached hydrogen (secondary N) is 2. The largest absolute Gasteiger partial charge is 0.509 e. The maximum absolute atomic E-state index is 10.4. The Morgan fingerprint density at radius 3 is 2.52 bits per heavy atom. The second kappa shape index (κ2) is 5.77. The first kappa shape index (κ1) is 15.4. The fourth-order valence-corrected chi connectivity index (χ4v) is 3.16. The Kier molecular flexibility index (Phi) is 3.57. The number of aliphatic hydroxyl groups is 1. The molecule has 0 saturated carbocycles. The lowest BCUT2D eigenvalue weighted by Crippen LogP contribution is -2.26. The highest BCUT2D eigenvalue weighted by atomic mass is 16.3. The molecule has 0 aliphatic carbocycles. The van der Waals surface area contributed by atoms with Crippen molar-refractivity contribution < 1.29 is 5.11 Å². The van der Waals surface area contributed by atoms with E-state index in [2.05, 4.69) is 35.9 Å². The van der Waals surface area contributed by atoms with Crippen LogP contribution in [0.5, 0.6) is 0 Å². The molecule has 0 bridgehead atoms. The van der Waals surface area contributed by atoms with Crippen LogP contribution in [0, 0.1) is 5.41 Å². The second-order valence-electron chi connectivity index (χ2n) is 6.61. The molecule has 5 nitrogen and oxygen atoms in total. The van der Waals surface area contributed by atoms with Gasteiger partial charge in [0, 0.05) is 5.69 Å². The summed E-state index contributed by atoms with van der Waals surface area (Å²) in [7, 11) is 0. The van der Waals surface area contributed by atoms with Crippen molar-refractivity contribution in [1.82, 2.24) is 9.97 Å². The standard InChI is InChI=1S/C20H20N4O/c1-12(2)13-7-9-14(10-8-13)24-11-17(25)18(19(24)21)20-22-15-5-3-4-6-16(15)23-20/h3-10,12,21,25H,11H2,1-2H3,(H,22,23). The molecular weight excluding hydrogens is 312 g/mol. The summed E-state index contributed by atoms with van der Waals surface area (Å²) in [4.78, 5) is 9.51. The average Bonchev–Trinajstić information content (AvgIpc) is 3.15. The molecule has 3 aromatic rings. The van der Waals surface area contributed by atoms with Crippen molar-refractivity contribution in [3.8, 4) is 0 Å². The lowest BCUT2D eigenvalue weighted by atomic mass is 10.0. The lowest BCUT2D eigenvalue weighted by Gasteiger charge is -2.19. The van der Waals surface area contributed by atoms with Gasteiger partial charge in [-0.3, -0.25) is 5.41 Å². The van der Waals surface area contributed by atoms with Crippen LogP contribution in [-0.4, -0.2) is 27.5 Å². The summed E-state index contributed by atoms with van der Waals surface area (Å²) in [6.45, 7) is 4.59. The van der Waals surface area contributed by atoms with E-state index >= 15 is 0 Å². The van der Waals surface area contributed by atoms with E-state index in [-0.39, 0.29) is 18.1 Å². The first-order valence-corrected chi connectivity index (χ1v) is 8.38. The number of imidazole rings is 1. The maximum atomic E-state index is 10.4. The van der Waals surface area contributed by atoms with Crippen molar-refractivity contribution in [2.24, 2.45) is 0 Å². The number of nitrogens with zero attached hydrogens (tertiary/aromatic N) is 2. The van der Waals surface area contributed by atoms with E-state index in [0.717, 1.165) is 16.7 Å². The molecule has 0 radical (unpaired) electrons. The maximum Gasteiger partial charge on any atom is 0.145 e. The minimum absolute atomic E-state index is 0.164. The van der Waals surface area contributed by atoms with Gasteiger partial charge in [-0.05, 0) is 35.7 Å². The summed E-state index contributed by atoms with van der Waals surface area (Å²) in [6.07, 6.45) is 0. The van der Waals surface area contributed by atoms with Crippen LogP contribution in [-0.2, 0) is 0 Å². The molecule has 0 unspecified atom stereocenters. The molecule has 126 valence electrons. The summed E-state index contributed by atoms with van der Waals surface area (Å²) in [6, 6.07) is 15.8. The zero-order valence-electron chi connectivity index (χ0n) is 14.2. The van der Waals surface area contributed by atoms with Gasteiger partial charge in [0.15, 0.2) is 0 Å². The first-order valence-electron chi connectivity index (χ1n) is 8.38. The van der Waals surface area contributed by atoms with Gasteiger partial charge in [-0.15, -0.1) is 0 Å². The van der Waals surface area contributed by atoms with Gasteiger partial charge in [0.25, 0.3) is 0 Å². The quantitative estimate of drug-likeness (QED) is 0.663. The summed E-state index contributed by atoms with van der Waals surface area (Å²) >= 11 is 0. The fraction of sp³-hybridized carbons (Fsp3) is 0.200. The number of aromatic nitrogens is 2. The van der Waals surface area contributed by atoms with E-state index in [4.69, 9.17) is 5.41 Å². The van der Waals surface area contributed by atoms with Crippen LogP contribution in [0.15, 0.2) is 54.3 Å². The molecule has 1 aliphatic rings. The zero-order chi connectivity index (χ0) is 17.6. The molecule has 0 saturated heterocycles. The van der Waals surface area contributed by atoms with E-state index in [1.807, 2.05) is 36.4 Å². The molecule has 0 amide bonds. The zero-order valence-corrected chi connectivity index (χ0v) is 14.2. The number of aliphatic hydroxyl groups excluding tert-OH is 1. The molecule has 4 rings (SSSR count). The van der Waals surface area contributed by atoms with Crippen LogP contribution in [0.2, 0.25) is 0 Å². The van der Waals surface area contributed by atoms with Crippen LogP contribution in [0.1, 0.15) is 31.2 Å². The SMILES string of the molecule is CC(C)c1ccc(N2CC(O)=C(c3nc4ccccc4[nH]3)C2=N)cc1. The van der Waals surface area contributed by atoms with E-state index in [1.54, 1.807) is 4.90 Å². The predicted octanol–water partition coefficient (Wildman–Crippen LogP) is 4.45. The molecule has 25 heavy (non-hydrogen) atoms. The molecule has 2 aromatic carbocycles. The third-order valence-electron chi connectivity index (χ3n) is 4.60. The molecule has 3 N–H and O–H groups in total. The van der Waals surface area contributed by atoms with Crippen LogP contribution >= 0.6 is 0 Å². The van der Waals surface area contributed by atoms with Crippen molar-refractivity contribution >= 4 is 28.1 Å². The average molecular weight is 332 g/mol. The lowest BCUT2D eigenvalue weighted by molar-refractivity contribution is 0.411. The summed E-state index contributed by atoms with van der Waals surface area (Å²) < 4.78 is 0. The number of hydrogen-bond acceptors (Lipinski definition) is 3. The van der Waals surface area contributed by atoms with Crippen molar-refractivity contribution in [3.05, 3.63) is 65.7 Å². The highest BCUT2D eigenvalue weighted by Crippen LogP contribution is 2.31. The third-order valence-corrected chi connectivity index (χ3v) is 4.60. The summed E-state index contributed by atoms with van der Waals surface area (Å²) in [5.74, 6) is 1.42. The second-order valence-corrected chi connectivity index (χ2v) is 6.61. The summed E-state index contributed by atoms with van der Waals surface area (Å²) in [5.41, 5.74) is 4.33. The molecule has 0 spiro atoms.